The molecule has 0 aliphatic rings. The quantitative estimate of drug-likeness (QED) is 0.325. The van der Waals surface area contributed by atoms with Crippen LogP contribution in [-0.4, -0.2) is 41.3 Å². The average Bonchev–Trinajstić information content (AvgIpc) is 2.18. The summed E-state index contributed by atoms with van der Waals surface area (Å²) >= 11 is 0. The third-order valence-electron chi connectivity index (χ3n) is 0.500. The Morgan fingerprint density at radius 3 is 0.435 bits per heavy atom. The Labute approximate surface area is 137 Å². The second kappa shape index (κ2) is 27.5. The minimum absolute atomic E-state index is 0. The van der Waals surface area contributed by atoms with Crippen LogP contribution in [0.3, 0.4) is 0 Å². The Morgan fingerprint density at radius 2 is 0.435 bits per heavy atom. The fourth-order valence-electron chi connectivity index (χ4n) is 0. The Balaban J connectivity index is -0.0000000221. The van der Waals surface area contributed by atoms with E-state index in [1.165, 1.54) is 0 Å². The summed E-state index contributed by atoms with van der Waals surface area (Å²) in [4.78, 5) is 53.6. The Morgan fingerprint density at radius 1 is 0.391 bits per heavy atom. The minimum atomic E-state index is -2.19. The SMILES string of the molecule is O.O=C([O-])C(=O)[O-].O=C([O-])C(=O)[O-].O=C([O-])C(=O)[O-].[Cr+3].[NH4+].[NH4+].[NH4+]. The fraction of sp³-hybridized carbons (Fsp3) is 0. The van der Waals surface area contributed by atoms with E-state index in [4.69, 9.17) is 59.4 Å². The zero-order chi connectivity index (χ0) is 15.5. The molecule has 0 amide bonds. The van der Waals surface area contributed by atoms with Crippen molar-refractivity contribution in [3.63, 3.8) is 0 Å². The minimum Gasteiger partial charge on any atom is -0.543 e. The van der Waals surface area contributed by atoms with E-state index in [0.29, 0.717) is 0 Å². The van der Waals surface area contributed by atoms with E-state index in [9.17, 15) is 0 Å². The third kappa shape index (κ3) is 67.1. The fourth-order valence-corrected chi connectivity index (χ4v) is 0. The summed E-state index contributed by atoms with van der Waals surface area (Å²) in [6, 6.07) is 0. The van der Waals surface area contributed by atoms with Gasteiger partial charge in [-0.15, -0.1) is 0 Å². The van der Waals surface area contributed by atoms with E-state index in [-0.39, 0.29) is 41.3 Å². The molecule has 16 nitrogen and oxygen atoms in total. The van der Waals surface area contributed by atoms with Gasteiger partial charge in [0.05, 0.1) is 35.8 Å². The van der Waals surface area contributed by atoms with Crippen LogP contribution in [0.1, 0.15) is 0 Å². The standard InChI is InChI=1S/3C2H2O4.Cr.3H3N.H2O/c3*3-1(4)2(5)6;;;;;/h3*(H,3,4)(H,5,6);;3*1H3;1H2/q;;;+3;;;;/p-3. The number of carboxylic acids is 6. The van der Waals surface area contributed by atoms with Gasteiger partial charge in [0.25, 0.3) is 0 Å². The summed E-state index contributed by atoms with van der Waals surface area (Å²) in [7, 11) is 0. The van der Waals surface area contributed by atoms with Crippen molar-refractivity contribution in [1.29, 1.82) is 0 Å². The Hall–Kier alpha value is -2.81. The van der Waals surface area contributed by atoms with Crippen molar-refractivity contribution in [3.8, 4) is 0 Å². The molecule has 0 atom stereocenters. The first kappa shape index (κ1) is 50.0. The molecule has 0 aromatic rings. The van der Waals surface area contributed by atoms with Gasteiger partial charge < -0.3 is 83.3 Å². The molecule has 0 unspecified atom stereocenters. The van der Waals surface area contributed by atoms with Gasteiger partial charge in [-0.25, -0.2) is 0 Å². The normalized spacial score (nSPS) is 5.74. The molecule has 0 saturated carbocycles. The van der Waals surface area contributed by atoms with Crippen LogP contribution in [0.5, 0.6) is 0 Å². The first-order valence-corrected chi connectivity index (χ1v) is 3.20. The second-order valence-electron chi connectivity index (χ2n) is 1.72. The van der Waals surface area contributed by atoms with Crippen molar-refractivity contribution in [2.45, 2.75) is 0 Å². The number of hydrogen-bond acceptors (Lipinski definition) is 12. The Bertz CT molecular complexity index is 291. The van der Waals surface area contributed by atoms with E-state index < -0.39 is 35.8 Å². The molecule has 0 aliphatic carbocycles. The van der Waals surface area contributed by atoms with Crippen LogP contribution < -0.4 is 49.1 Å². The first-order chi connectivity index (χ1) is 7.93. The van der Waals surface area contributed by atoms with Gasteiger partial charge in [-0.05, 0) is 0 Å². The number of hydrogen-bond donors (Lipinski definition) is 3. The summed E-state index contributed by atoms with van der Waals surface area (Å²) in [5.74, 6) is -13.1. The van der Waals surface area contributed by atoms with Crippen LogP contribution >= 0.6 is 0 Å². The van der Waals surface area contributed by atoms with Crippen molar-refractivity contribution < 1.29 is 82.2 Å². The molecular weight excluding hydrogens is 374 g/mol. The van der Waals surface area contributed by atoms with Crippen LogP contribution in [-0.2, 0) is 46.1 Å². The maximum absolute atomic E-state index is 8.93. The molecule has 0 heterocycles. The summed E-state index contributed by atoms with van der Waals surface area (Å²) in [5.41, 5.74) is 0. The molecule has 0 spiro atoms. The van der Waals surface area contributed by atoms with Crippen molar-refractivity contribution >= 4 is 35.8 Å². The number of carboxylic acid groups (broad SMARTS) is 6. The monoisotopic (exact) mass is 388 g/mol. The van der Waals surface area contributed by atoms with E-state index in [2.05, 4.69) is 0 Å². The van der Waals surface area contributed by atoms with Gasteiger partial charge in [-0.2, -0.15) is 0 Å². The van der Waals surface area contributed by atoms with E-state index in [1.54, 1.807) is 0 Å². The van der Waals surface area contributed by atoms with E-state index in [1.807, 2.05) is 0 Å². The van der Waals surface area contributed by atoms with E-state index in [0.717, 1.165) is 0 Å². The molecule has 23 heavy (non-hydrogen) atoms. The van der Waals surface area contributed by atoms with Crippen LogP contribution in [0.2, 0.25) is 0 Å². The summed E-state index contributed by atoms with van der Waals surface area (Å²) in [6.07, 6.45) is 0. The summed E-state index contributed by atoms with van der Waals surface area (Å²) < 4.78 is 0. The smallest absolute Gasteiger partial charge is 0.543 e. The van der Waals surface area contributed by atoms with Crippen LogP contribution in [0.25, 0.3) is 0 Å². The van der Waals surface area contributed by atoms with Gasteiger partial charge in [0, 0.05) is 0 Å². The molecule has 0 aliphatic heterocycles. The molecule has 14 N–H and O–H groups in total. The molecule has 0 aromatic heterocycles. The van der Waals surface area contributed by atoms with E-state index >= 15 is 0 Å². The van der Waals surface area contributed by atoms with Crippen LogP contribution in [0.4, 0.5) is 0 Å². The van der Waals surface area contributed by atoms with Gasteiger partial charge in [-0.1, -0.05) is 0 Å². The van der Waals surface area contributed by atoms with Crippen LogP contribution in [0, 0.1) is 0 Å². The largest absolute Gasteiger partial charge is 3.00 e. The Kier molecular flexibility index (Phi) is 59.9. The van der Waals surface area contributed by atoms with Gasteiger partial charge in [-0.3, -0.25) is 0 Å². The van der Waals surface area contributed by atoms with Crippen molar-refractivity contribution in [2.75, 3.05) is 0 Å². The summed E-state index contributed by atoms with van der Waals surface area (Å²) in [5, 5.41) is 53.6. The maximum Gasteiger partial charge on any atom is 3.00 e. The van der Waals surface area contributed by atoms with Gasteiger partial charge in [0.15, 0.2) is 0 Å². The third-order valence-corrected chi connectivity index (χ3v) is 0.500. The zero-order valence-electron chi connectivity index (χ0n) is 11.8. The number of carbonyl (C=O) groups excluding carboxylic acids is 6. The van der Waals surface area contributed by atoms with Gasteiger partial charge in [0.2, 0.25) is 0 Å². The second-order valence-corrected chi connectivity index (χ2v) is 1.72. The molecule has 0 bridgehead atoms. The first-order valence-electron chi connectivity index (χ1n) is 3.20. The number of aliphatic carboxylic acids is 6. The maximum atomic E-state index is 8.93. The van der Waals surface area contributed by atoms with Crippen molar-refractivity contribution in [2.24, 2.45) is 0 Å². The average molecular weight is 388 g/mol. The molecule has 137 valence electrons. The predicted octanol–water partition coefficient (Wildman–Crippen LogP) is -10.2. The molecular formula is C6H14CrN3O13. The molecule has 17 heteroatoms. The van der Waals surface area contributed by atoms with Crippen molar-refractivity contribution in [1.82, 2.24) is 18.5 Å². The number of carbonyl (C=O) groups is 6. The molecule has 0 saturated heterocycles. The summed E-state index contributed by atoms with van der Waals surface area (Å²) in [6.45, 7) is 0. The predicted molar refractivity (Wildman–Crippen MR) is 51.6 cm³/mol. The molecule has 0 fully saturated rings. The number of rotatable bonds is 0. The molecule has 0 rings (SSSR count). The molecule has 1 radical (unpaired) electrons. The van der Waals surface area contributed by atoms with Gasteiger partial charge in [0.1, 0.15) is 0 Å². The van der Waals surface area contributed by atoms with Crippen LogP contribution in [0.15, 0.2) is 0 Å². The zero-order valence-corrected chi connectivity index (χ0v) is 13.1. The van der Waals surface area contributed by atoms with Crippen molar-refractivity contribution in [3.05, 3.63) is 0 Å². The number of quaternary nitrogens is 3. The van der Waals surface area contributed by atoms with Gasteiger partial charge >= 0.3 is 17.4 Å². The topological polar surface area (TPSA) is 382 Å². The molecule has 0 aromatic carbocycles.